The molecule has 0 spiro atoms. The smallest absolute Gasteiger partial charge is 0.252 e. The molecule has 0 atom stereocenters. The molecule has 0 fully saturated rings. The molecule has 0 saturated carbocycles. The normalized spacial score (nSPS) is 11.5. The number of nitrogens with zero attached hydrogens (tertiary/aromatic N) is 5. The first-order valence-electron chi connectivity index (χ1n) is 11.9. The van der Waals surface area contributed by atoms with Crippen LogP contribution in [-0.4, -0.2) is 30.1 Å². The molecule has 2 aromatic heterocycles. The van der Waals surface area contributed by atoms with Crippen LogP contribution in [0.25, 0.3) is 10.9 Å². The van der Waals surface area contributed by atoms with E-state index >= 15 is 0 Å². The van der Waals surface area contributed by atoms with E-state index in [4.69, 9.17) is 0 Å². The third-order valence-corrected chi connectivity index (χ3v) is 6.56. The minimum atomic E-state index is -0.310. The highest BCUT2D eigenvalue weighted by Gasteiger charge is 2.17. The maximum Gasteiger partial charge on any atom is 0.252 e. The summed E-state index contributed by atoms with van der Waals surface area (Å²) in [6.45, 7) is 5.52. The van der Waals surface area contributed by atoms with Crippen LogP contribution in [-0.2, 0) is 26.2 Å². The van der Waals surface area contributed by atoms with Crippen LogP contribution in [0.15, 0.2) is 71.5 Å². The summed E-state index contributed by atoms with van der Waals surface area (Å²) in [6.07, 6.45) is 0. The Morgan fingerprint density at radius 3 is 2.24 bits per heavy atom. The van der Waals surface area contributed by atoms with Gasteiger partial charge in [0.1, 0.15) is 11.6 Å². The van der Waals surface area contributed by atoms with Crippen molar-refractivity contribution in [3.63, 3.8) is 0 Å². The van der Waals surface area contributed by atoms with E-state index in [-0.39, 0.29) is 17.2 Å². The van der Waals surface area contributed by atoms with Crippen LogP contribution in [0.4, 0.5) is 8.78 Å². The molecule has 0 amide bonds. The average molecular weight is 501 g/mol. The number of aryl methyl sites for hydroxylation is 2. The topological polar surface area (TPSA) is 79.7 Å². The predicted octanol–water partition coefficient (Wildman–Crippen LogP) is 4.66. The molecule has 1 N–H and O–H groups in total. The van der Waals surface area contributed by atoms with Gasteiger partial charge in [-0.05, 0) is 82.2 Å². The number of rotatable bonds is 8. The standard InChI is InChI=1S/C28H26F2N6O/c1-18-3-8-22-13-23(28(37)31-27(22)19(18)2)16-35(14-20-4-9-24(29)10-5-20)17-26-32-33-34-36(26)15-21-6-11-25(30)12-7-21/h3-13H,14-17H2,1-2H3,(H,31,37). The molecule has 0 aliphatic carbocycles. The summed E-state index contributed by atoms with van der Waals surface area (Å²) in [6, 6.07) is 18.4. The molecule has 2 heterocycles. The number of aromatic amines is 1. The lowest BCUT2D eigenvalue weighted by Crippen LogP contribution is -2.28. The van der Waals surface area contributed by atoms with E-state index in [9.17, 15) is 13.6 Å². The van der Waals surface area contributed by atoms with Crippen LogP contribution in [0.3, 0.4) is 0 Å². The second-order valence-electron chi connectivity index (χ2n) is 9.25. The molecule has 5 rings (SSSR count). The average Bonchev–Trinajstić information content (AvgIpc) is 3.31. The van der Waals surface area contributed by atoms with Gasteiger partial charge < -0.3 is 4.98 Å². The van der Waals surface area contributed by atoms with Gasteiger partial charge in [0.25, 0.3) is 5.56 Å². The molecule has 0 bridgehead atoms. The Morgan fingerprint density at radius 2 is 1.54 bits per heavy atom. The summed E-state index contributed by atoms with van der Waals surface area (Å²) < 4.78 is 28.5. The van der Waals surface area contributed by atoms with Crippen molar-refractivity contribution >= 4 is 10.9 Å². The van der Waals surface area contributed by atoms with Crippen molar-refractivity contribution in [2.45, 2.75) is 40.0 Å². The van der Waals surface area contributed by atoms with Gasteiger partial charge in [-0.25, -0.2) is 13.5 Å². The fourth-order valence-corrected chi connectivity index (χ4v) is 4.37. The van der Waals surface area contributed by atoms with Crippen LogP contribution >= 0.6 is 0 Å². The Bertz CT molecular complexity index is 1590. The summed E-state index contributed by atoms with van der Waals surface area (Å²) >= 11 is 0. The van der Waals surface area contributed by atoms with E-state index in [1.807, 2.05) is 36.9 Å². The van der Waals surface area contributed by atoms with Gasteiger partial charge in [0, 0.05) is 18.7 Å². The third kappa shape index (κ3) is 5.62. The second kappa shape index (κ2) is 10.4. The Kier molecular flexibility index (Phi) is 6.87. The number of pyridine rings is 1. The quantitative estimate of drug-likeness (QED) is 0.335. The maximum absolute atomic E-state index is 13.5. The van der Waals surface area contributed by atoms with Gasteiger partial charge in [0.05, 0.1) is 18.6 Å². The van der Waals surface area contributed by atoms with Gasteiger partial charge in [-0.1, -0.05) is 36.4 Å². The first-order valence-corrected chi connectivity index (χ1v) is 11.9. The SMILES string of the molecule is Cc1ccc2cc(CN(Cc3ccc(F)cc3)Cc3nnnn3Cc3ccc(F)cc3)c(=O)[nH]c2c1C. The lowest BCUT2D eigenvalue weighted by atomic mass is 10.0. The van der Waals surface area contributed by atoms with Crippen molar-refractivity contribution in [3.05, 3.63) is 122 Å². The van der Waals surface area contributed by atoms with Crippen molar-refractivity contribution in [1.29, 1.82) is 0 Å². The van der Waals surface area contributed by atoms with E-state index in [2.05, 4.69) is 20.5 Å². The van der Waals surface area contributed by atoms with Crippen LogP contribution in [0, 0.1) is 25.5 Å². The number of benzene rings is 3. The van der Waals surface area contributed by atoms with Crippen LogP contribution < -0.4 is 5.56 Å². The Hall–Kier alpha value is -4.24. The zero-order valence-corrected chi connectivity index (χ0v) is 20.6. The highest BCUT2D eigenvalue weighted by Crippen LogP contribution is 2.20. The van der Waals surface area contributed by atoms with Gasteiger partial charge in [-0.2, -0.15) is 0 Å². The minimum Gasteiger partial charge on any atom is -0.321 e. The number of nitrogens with one attached hydrogen (secondary N) is 1. The van der Waals surface area contributed by atoms with E-state index < -0.39 is 0 Å². The molecule has 0 aliphatic rings. The number of tetrazole rings is 1. The highest BCUT2D eigenvalue weighted by atomic mass is 19.1. The van der Waals surface area contributed by atoms with Gasteiger partial charge >= 0.3 is 0 Å². The Balaban J connectivity index is 1.45. The number of fused-ring (bicyclic) bond motifs is 1. The molecular formula is C28H26F2N6O. The number of aromatic nitrogens is 5. The fraction of sp³-hybridized carbons (Fsp3) is 0.214. The van der Waals surface area contributed by atoms with E-state index in [1.54, 1.807) is 28.9 Å². The largest absolute Gasteiger partial charge is 0.321 e. The highest BCUT2D eigenvalue weighted by molar-refractivity contribution is 5.83. The molecule has 9 heteroatoms. The van der Waals surface area contributed by atoms with Crippen LogP contribution in [0.2, 0.25) is 0 Å². The molecule has 5 aromatic rings. The summed E-state index contributed by atoms with van der Waals surface area (Å²) in [7, 11) is 0. The van der Waals surface area contributed by atoms with E-state index in [1.165, 1.54) is 24.3 Å². The predicted molar refractivity (Wildman–Crippen MR) is 137 cm³/mol. The first-order chi connectivity index (χ1) is 17.9. The summed E-state index contributed by atoms with van der Waals surface area (Å²) in [5.74, 6) is -0.0255. The van der Waals surface area contributed by atoms with Gasteiger partial charge in [0.2, 0.25) is 0 Å². The summed E-state index contributed by atoms with van der Waals surface area (Å²) in [5.41, 5.74) is 5.19. The van der Waals surface area contributed by atoms with Crippen molar-refractivity contribution in [3.8, 4) is 0 Å². The molecule has 188 valence electrons. The summed E-state index contributed by atoms with van der Waals surface area (Å²) in [5, 5.41) is 13.1. The lowest BCUT2D eigenvalue weighted by Gasteiger charge is -2.22. The number of halogens is 2. The number of hydrogen-bond donors (Lipinski definition) is 1. The van der Waals surface area contributed by atoms with E-state index in [0.717, 1.165) is 33.2 Å². The third-order valence-electron chi connectivity index (χ3n) is 6.56. The Labute approximate surface area is 212 Å². The maximum atomic E-state index is 13.5. The summed E-state index contributed by atoms with van der Waals surface area (Å²) in [4.78, 5) is 18.1. The second-order valence-corrected chi connectivity index (χ2v) is 9.25. The lowest BCUT2D eigenvalue weighted by molar-refractivity contribution is 0.236. The molecule has 0 unspecified atom stereocenters. The molecule has 7 nitrogen and oxygen atoms in total. The zero-order chi connectivity index (χ0) is 25.9. The number of H-pyrrole nitrogens is 1. The molecule has 0 aliphatic heterocycles. The molecule has 0 radical (unpaired) electrons. The van der Waals surface area contributed by atoms with Gasteiger partial charge in [0.15, 0.2) is 5.82 Å². The van der Waals surface area contributed by atoms with Gasteiger partial charge in [-0.3, -0.25) is 9.69 Å². The zero-order valence-electron chi connectivity index (χ0n) is 20.6. The molecule has 37 heavy (non-hydrogen) atoms. The van der Waals surface area contributed by atoms with Crippen LogP contribution in [0.5, 0.6) is 0 Å². The first kappa shape index (κ1) is 24.5. The fourth-order valence-electron chi connectivity index (χ4n) is 4.37. The molecular weight excluding hydrogens is 474 g/mol. The van der Waals surface area contributed by atoms with Crippen molar-refractivity contribution in [1.82, 2.24) is 30.1 Å². The number of hydrogen-bond acceptors (Lipinski definition) is 5. The van der Waals surface area contributed by atoms with Crippen molar-refractivity contribution in [2.75, 3.05) is 0 Å². The molecule has 0 saturated heterocycles. The van der Waals surface area contributed by atoms with Crippen molar-refractivity contribution in [2.24, 2.45) is 0 Å². The van der Waals surface area contributed by atoms with Crippen molar-refractivity contribution < 1.29 is 8.78 Å². The molecule has 3 aromatic carbocycles. The minimum absolute atomic E-state index is 0.156. The Morgan fingerprint density at radius 1 is 0.865 bits per heavy atom. The van der Waals surface area contributed by atoms with Crippen LogP contribution in [0.1, 0.15) is 33.6 Å². The monoisotopic (exact) mass is 500 g/mol. The van der Waals surface area contributed by atoms with E-state index in [0.29, 0.717) is 37.6 Å². The van der Waals surface area contributed by atoms with Gasteiger partial charge in [-0.15, -0.1) is 5.10 Å².